The summed E-state index contributed by atoms with van der Waals surface area (Å²) < 4.78 is 12.6. The monoisotopic (exact) mass is 194 g/mol. The molecule has 3 heteroatoms. The molecule has 3 N–H and O–H groups in total. The molecule has 14 heavy (non-hydrogen) atoms. The van der Waals surface area contributed by atoms with E-state index in [-0.39, 0.29) is 5.82 Å². The van der Waals surface area contributed by atoms with E-state index in [0.717, 1.165) is 12.0 Å². The minimum absolute atomic E-state index is 0.183. The number of halogens is 1. The maximum atomic E-state index is 12.6. The highest BCUT2D eigenvalue weighted by Crippen LogP contribution is 2.33. The number of hydrazine groups is 1. The van der Waals surface area contributed by atoms with Crippen LogP contribution in [0.4, 0.5) is 4.39 Å². The normalized spacial score (nSPS) is 18.1. The quantitative estimate of drug-likeness (QED) is 0.564. The van der Waals surface area contributed by atoms with E-state index >= 15 is 0 Å². The molecule has 0 aromatic heterocycles. The van der Waals surface area contributed by atoms with Gasteiger partial charge in [0.25, 0.3) is 0 Å². The van der Waals surface area contributed by atoms with Gasteiger partial charge in [0.2, 0.25) is 0 Å². The molecule has 0 amide bonds. The molecule has 1 fully saturated rings. The van der Waals surface area contributed by atoms with E-state index in [2.05, 4.69) is 5.43 Å². The van der Waals surface area contributed by atoms with Crippen molar-refractivity contribution in [3.05, 3.63) is 35.6 Å². The van der Waals surface area contributed by atoms with Crippen LogP contribution >= 0.6 is 0 Å². The van der Waals surface area contributed by atoms with E-state index in [4.69, 9.17) is 5.84 Å². The van der Waals surface area contributed by atoms with Gasteiger partial charge < -0.3 is 0 Å². The fourth-order valence-electron chi connectivity index (χ4n) is 1.73. The first-order chi connectivity index (χ1) is 6.79. The highest BCUT2D eigenvalue weighted by Gasteiger charge is 2.30. The smallest absolute Gasteiger partial charge is 0.123 e. The fourth-order valence-corrected chi connectivity index (χ4v) is 1.73. The Morgan fingerprint density at radius 1 is 1.36 bits per heavy atom. The zero-order valence-electron chi connectivity index (χ0n) is 8.04. The number of benzene rings is 1. The Morgan fingerprint density at radius 3 is 2.50 bits per heavy atom. The first kappa shape index (κ1) is 9.62. The second kappa shape index (κ2) is 4.07. The van der Waals surface area contributed by atoms with Crippen molar-refractivity contribution in [2.24, 2.45) is 11.8 Å². The van der Waals surface area contributed by atoms with E-state index in [0.29, 0.717) is 12.0 Å². The fraction of sp³-hybridized carbons (Fsp3) is 0.455. The minimum Gasteiger partial charge on any atom is -0.271 e. The summed E-state index contributed by atoms with van der Waals surface area (Å²) in [6.45, 7) is 0. The Labute approximate surface area is 83.3 Å². The lowest BCUT2D eigenvalue weighted by molar-refractivity contribution is 0.472. The van der Waals surface area contributed by atoms with Gasteiger partial charge in [-0.05, 0) is 42.9 Å². The summed E-state index contributed by atoms with van der Waals surface area (Å²) >= 11 is 0. The van der Waals surface area contributed by atoms with Crippen LogP contribution in [0.5, 0.6) is 0 Å². The van der Waals surface area contributed by atoms with Crippen LogP contribution in [-0.2, 0) is 6.42 Å². The van der Waals surface area contributed by atoms with Crippen LogP contribution in [-0.4, -0.2) is 6.04 Å². The number of nitrogens with two attached hydrogens (primary N) is 1. The van der Waals surface area contributed by atoms with Gasteiger partial charge in [-0.3, -0.25) is 11.3 Å². The molecule has 1 unspecified atom stereocenters. The third-order valence-corrected chi connectivity index (χ3v) is 2.77. The Balaban J connectivity index is 1.98. The summed E-state index contributed by atoms with van der Waals surface area (Å²) in [4.78, 5) is 0. The van der Waals surface area contributed by atoms with Crippen LogP contribution in [0, 0.1) is 11.7 Å². The molecule has 0 spiro atoms. The van der Waals surface area contributed by atoms with E-state index in [1.807, 2.05) is 12.1 Å². The molecule has 1 aliphatic rings. The number of rotatable bonds is 4. The Bertz CT molecular complexity index is 293. The van der Waals surface area contributed by atoms with Crippen molar-refractivity contribution in [2.45, 2.75) is 25.3 Å². The lowest BCUT2D eigenvalue weighted by Gasteiger charge is -2.14. The van der Waals surface area contributed by atoms with Gasteiger partial charge >= 0.3 is 0 Å². The minimum atomic E-state index is -0.183. The van der Waals surface area contributed by atoms with Crippen LogP contribution < -0.4 is 11.3 Å². The molecule has 2 rings (SSSR count). The summed E-state index contributed by atoms with van der Waals surface area (Å²) in [5.74, 6) is 6.00. The molecule has 1 atom stereocenters. The number of nitrogens with one attached hydrogen (secondary N) is 1. The predicted octanol–water partition coefficient (Wildman–Crippen LogP) is 1.61. The second-order valence-electron chi connectivity index (χ2n) is 3.94. The Kier molecular flexibility index (Phi) is 2.79. The highest BCUT2D eigenvalue weighted by atomic mass is 19.1. The molecule has 2 nitrogen and oxygen atoms in total. The first-order valence-corrected chi connectivity index (χ1v) is 5.00. The summed E-state index contributed by atoms with van der Waals surface area (Å²) in [6, 6.07) is 6.98. The Morgan fingerprint density at radius 2 is 2.00 bits per heavy atom. The van der Waals surface area contributed by atoms with Gasteiger partial charge in [-0.2, -0.15) is 0 Å². The van der Waals surface area contributed by atoms with Gasteiger partial charge in [0.05, 0.1) is 0 Å². The first-order valence-electron chi connectivity index (χ1n) is 5.00. The molecule has 1 aromatic rings. The van der Waals surface area contributed by atoms with Gasteiger partial charge in [-0.25, -0.2) is 4.39 Å². The van der Waals surface area contributed by atoms with Gasteiger partial charge in [0, 0.05) is 6.04 Å². The van der Waals surface area contributed by atoms with Crippen molar-refractivity contribution >= 4 is 0 Å². The van der Waals surface area contributed by atoms with Crippen LogP contribution in [0.1, 0.15) is 18.4 Å². The largest absolute Gasteiger partial charge is 0.271 e. The van der Waals surface area contributed by atoms with Crippen LogP contribution in [0.3, 0.4) is 0 Å². The summed E-state index contributed by atoms with van der Waals surface area (Å²) in [7, 11) is 0. The van der Waals surface area contributed by atoms with Crippen LogP contribution in [0.25, 0.3) is 0 Å². The summed E-state index contributed by atoms with van der Waals surface area (Å²) in [5.41, 5.74) is 3.97. The van der Waals surface area contributed by atoms with Crippen LogP contribution in [0.2, 0.25) is 0 Å². The third kappa shape index (κ3) is 2.30. The SMILES string of the molecule is NNC(Cc1ccc(F)cc1)C1CC1. The third-order valence-electron chi connectivity index (χ3n) is 2.77. The molecular weight excluding hydrogens is 179 g/mol. The molecule has 0 saturated heterocycles. The van der Waals surface area contributed by atoms with Crippen molar-refractivity contribution < 1.29 is 4.39 Å². The van der Waals surface area contributed by atoms with Crippen molar-refractivity contribution in [2.75, 3.05) is 0 Å². The second-order valence-corrected chi connectivity index (χ2v) is 3.94. The number of hydrogen-bond acceptors (Lipinski definition) is 2. The lowest BCUT2D eigenvalue weighted by atomic mass is 10.0. The summed E-state index contributed by atoms with van der Waals surface area (Å²) in [6.07, 6.45) is 3.41. The lowest BCUT2D eigenvalue weighted by Crippen LogP contribution is -2.38. The highest BCUT2D eigenvalue weighted by molar-refractivity contribution is 5.17. The van der Waals surface area contributed by atoms with E-state index in [1.165, 1.54) is 25.0 Å². The average Bonchev–Trinajstić information content (AvgIpc) is 3.01. The maximum absolute atomic E-state index is 12.6. The average molecular weight is 194 g/mol. The van der Waals surface area contributed by atoms with Gasteiger partial charge in [-0.15, -0.1) is 0 Å². The van der Waals surface area contributed by atoms with Crippen molar-refractivity contribution in [3.8, 4) is 0 Å². The van der Waals surface area contributed by atoms with Gasteiger partial charge in [0.1, 0.15) is 5.82 Å². The Hall–Kier alpha value is -0.930. The van der Waals surface area contributed by atoms with E-state index in [9.17, 15) is 4.39 Å². The molecule has 0 heterocycles. The van der Waals surface area contributed by atoms with Gasteiger partial charge in [-0.1, -0.05) is 12.1 Å². The van der Waals surface area contributed by atoms with Gasteiger partial charge in [0.15, 0.2) is 0 Å². The predicted molar refractivity (Wildman–Crippen MR) is 53.9 cm³/mol. The zero-order valence-corrected chi connectivity index (χ0v) is 8.04. The van der Waals surface area contributed by atoms with E-state index in [1.54, 1.807) is 0 Å². The summed E-state index contributed by atoms with van der Waals surface area (Å²) in [5, 5.41) is 0. The van der Waals surface area contributed by atoms with E-state index < -0.39 is 0 Å². The van der Waals surface area contributed by atoms with Crippen molar-refractivity contribution in [3.63, 3.8) is 0 Å². The van der Waals surface area contributed by atoms with Crippen molar-refractivity contribution in [1.82, 2.24) is 5.43 Å². The molecule has 0 radical (unpaired) electrons. The molecule has 0 bridgehead atoms. The van der Waals surface area contributed by atoms with Crippen LogP contribution in [0.15, 0.2) is 24.3 Å². The number of hydrogen-bond donors (Lipinski definition) is 2. The topological polar surface area (TPSA) is 38.0 Å². The molecule has 1 saturated carbocycles. The standard InChI is InChI=1S/C11H15FN2/c12-10-5-1-8(2-6-10)7-11(14-13)9-3-4-9/h1-2,5-6,9,11,14H,3-4,7,13H2. The molecule has 1 aliphatic carbocycles. The molecule has 0 aliphatic heterocycles. The van der Waals surface area contributed by atoms with Crippen molar-refractivity contribution in [1.29, 1.82) is 0 Å². The molecule has 76 valence electrons. The molecular formula is C11H15FN2. The zero-order chi connectivity index (χ0) is 9.97. The molecule has 1 aromatic carbocycles. The maximum Gasteiger partial charge on any atom is 0.123 e.